The lowest BCUT2D eigenvalue weighted by Gasteiger charge is -2.11. The van der Waals surface area contributed by atoms with Crippen LogP contribution in [-0.4, -0.2) is 13.7 Å². The van der Waals surface area contributed by atoms with Crippen LogP contribution in [0.3, 0.4) is 0 Å². The lowest BCUT2D eigenvalue weighted by Crippen LogP contribution is -2.06. The molecule has 1 aromatic rings. The van der Waals surface area contributed by atoms with E-state index in [0.717, 1.165) is 5.56 Å². The van der Waals surface area contributed by atoms with Crippen molar-refractivity contribution in [3.05, 3.63) is 28.0 Å². The van der Waals surface area contributed by atoms with E-state index in [2.05, 4.69) is 0 Å². The number of hydrogen-bond donors (Lipinski definition) is 1. The van der Waals surface area contributed by atoms with E-state index in [0.29, 0.717) is 23.6 Å². The Kier molecular flexibility index (Phi) is 3.72. The molecule has 0 heterocycles. The van der Waals surface area contributed by atoms with E-state index in [1.54, 1.807) is 6.07 Å². The van der Waals surface area contributed by atoms with Crippen LogP contribution in [-0.2, 0) is 6.42 Å². The smallest absolute Gasteiger partial charge is 0.173 e. The molecule has 0 atom stereocenters. The largest absolute Gasteiger partial charge is 0.492 e. The summed E-state index contributed by atoms with van der Waals surface area (Å²) >= 11 is 5.87. The summed E-state index contributed by atoms with van der Waals surface area (Å²) in [6.07, 6.45) is 0.486. The Morgan fingerprint density at radius 2 is 2.21 bits per heavy atom. The summed E-state index contributed by atoms with van der Waals surface area (Å²) in [5, 5.41) is 0.325. The Labute approximate surface area is 87.8 Å². The van der Waals surface area contributed by atoms with Gasteiger partial charge in [0.1, 0.15) is 0 Å². The van der Waals surface area contributed by atoms with Crippen LogP contribution in [0.15, 0.2) is 6.07 Å². The molecule has 0 unspecified atom stereocenters. The highest BCUT2D eigenvalue weighted by Crippen LogP contribution is 2.33. The van der Waals surface area contributed by atoms with Crippen LogP contribution in [0.2, 0.25) is 5.02 Å². The van der Waals surface area contributed by atoms with Gasteiger partial charge in [-0.3, -0.25) is 0 Å². The van der Waals surface area contributed by atoms with Crippen molar-refractivity contribution in [2.45, 2.75) is 13.3 Å². The number of benzene rings is 1. The number of methoxy groups -OCH3 is 1. The molecule has 0 fully saturated rings. The van der Waals surface area contributed by atoms with E-state index in [1.807, 2.05) is 6.92 Å². The van der Waals surface area contributed by atoms with Gasteiger partial charge in [0.05, 0.1) is 12.1 Å². The molecule has 1 aromatic carbocycles. The fourth-order valence-corrected chi connectivity index (χ4v) is 1.54. The molecule has 0 saturated carbocycles. The Morgan fingerprint density at radius 1 is 1.57 bits per heavy atom. The number of nitrogens with two attached hydrogens (primary N) is 1. The normalized spacial score (nSPS) is 10.4. The van der Waals surface area contributed by atoms with Crippen LogP contribution in [0.4, 0.5) is 4.39 Å². The average molecular weight is 218 g/mol. The first kappa shape index (κ1) is 11.3. The van der Waals surface area contributed by atoms with E-state index in [1.165, 1.54) is 7.11 Å². The van der Waals surface area contributed by atoms with Crippen LogP contribution < -0.4 is 10.5 Å². The second-order valence-electron chi connectivity index (χ2n) is 3.05. The van der Waals surface area contributed by atoms with Crippen molar-refractivity contribution in [1.82, 2.24) is 0 Å². The maximum Gasteiger partial charge on any atom is 0.173 e. The van der Waals surface area contributed by atoms with Crippen molar-refractivity contribution in [1.29, 1.82) is 0 Å². The SMILES string of the molecule is COc1c(F)c(CCN)cc(C)c1Cl. The molecule has 1 rings (SSSR count). The number of hydrogen-bond acceptors (Lipinski definition) is 2. The summed E-state index contributed by atoms with van der Waals surface area (Å²) in [5.74, 6) is -0.302. The minimum Gasteiger partial charge on any atom is -0.492 e. The van der Waals surface area contributed by atoms with E-state index in [4.69, 9.17) is 22.1 Å². The van der Waals surface area contributed by atoms with Crippen molar-refractivity contribution in [3.8, 4) is 5.75 Å². The van der Waals surface area contributed by atoms with Gasteiger partial charge < -0.3 is 10.5 Å². The van der Waals surface area contributed by atoms with Crippen LogP contribution >= 0.6 is 11.6 Å². The highest BCUT2D eigenvalue weighted by molar-refractivity contribution is 6.32. The molecule has 0 aliphatic heterocycles. The molecule has 0 saturated heterocycles. The first-order chi connectivity index (χ1) is 6.61. The van der Waals surface area contributed by atoms with Gasteiger partial charge in [0.25, 0.3) is 0 Å². The number of halogens is 2. The molecule has 0 amide bonds. The fraction of sp³-hybridized carbons (Fsp3) is 0.400. The molecular weight excluding hydrogens is 205 g/mol. The Hall–Kier alpha value is -0.800. The third-order valence-electron chi connectivity index (χ3n) is 2.04. The molecule has 78 valence electrons. The topological polar surface area (TPSA) is 35.2 Å². The fourth-order valence-electron chi connectivity index (χ4n) is 1.33. The van der Waals surface area contributed by atoms with E-state index in [-0.39, 0.29) is 5.75 Å². The number of aryl methyl sites for hydroxylation is 1. The first-order valence-electron chi connectivity index (χ1n) is 4.33. The van der Waals surface area contributed by atoms with Crippen molar-refractivity contribution >= 4 is 11.6 Å². The van der Waals surface area contributed by atoms with Gasteiger partial charge in [0.15, 0.2) is 11.6 Å². The van der Waals surface area contributed by atoms with E-state index < -0.39 is 5.82 Å². The molecule has 0 aliphatic carbocycles. The van der Waals surface area contributed by atoms with Gasteiger partial charge in [-0.05, 0) is 31.0 Å². The molecule has 2 nitrogen and oxygen atoms in total. The maximum atomic E-state index is 13.6. The number of rotatable bonds is 3. The summed E-state index contributed by atoms with van der Waals surface area (Å²) in [5.41, 5.74) is 6.72. The standard InChI is InChI=1S/C10H13ClFNO/c1-6-5-7(3-4-13)9(12)10(14-2)8(6)11/h5H,3-4,13H2,1-2H3. The van der Waals surface area contributed by atoms with Gasteiger partial charge in [-0.25, -0.2) is 4.39 Å². The first-order valence-corrected chi connectivity index (χ1v) is 4.71. The van der Waals surface area contributed by atoms with Crippen molar-refractivity contribution < 1.29 is 9.13 Å². The van der Waals surface area contributed by atoms with Crippen LogP contribution in [0.25, 0.3) is 0 Å². The predicted molar refractivity (Wildman–Crippen MR) is 55.5 cm³/mol. The van der Waals surface area contributed by atoms with Crippen molar-refractivity contribution in [3.63, 3.8) is 0 Å². The molecule has 0 aliphatic rings. The van der Waals surface area contributed by atoms with E-state index in [9.17, 15) is 4.39 Å². The second-order valence-corrected chi connectivity index (χ2v) is 3.43. The second kappa shape index (κ2) is 4.62. The Bertz CT molecular complexity index is 341. The van der Waals surface area contributed by atoms with Crippen molar-refractivity contribution in [2.24, 2.45) is 5.73 Å². The summed E-state index contributed by atoms with van der Waals surface area (Å²) < 4.78 is 18.5. The molecule has 4 heteroatoms. The molecular formula is C10H13ClFNO. The Morgan fingerprint density at radius 3 is 2.71 bits per heavy atom. The third-order valence-corrected chi connectivity index (χ3v) is 2.51. The average Bonchev–Trinajstić information content (AvgIpc) is 2.16. The molecule has 0 bridgehead atoms. The molecule has 0 aromatic heterocycles. The van der Waals surface area contributed by atoms with Gasteiger partial charge in [-0.1, -0.05) is 17.7 Å². The van der Waals surface area contributed by atoms with Gasteiger partial charge in [0.2, 0.25) is 0 Å². The molecule has 14 heavy (non-hydrogen) atoms. The number of ether oxygens (including phenoxy) is 1. The summed E-state index contributed by atoms with van der Waals surface area (Å²) in [6.45, 7) is 2.21. The Balaban J connectivity index is 3.27. The zero-order chi connectivity index (χ0) is 10.7. The highest BCUT2D eigenvalue weighted by atomic mass is 35.5. The third kappa shape index (κ3) is 1.99. The van der Waals surface area contributed by atoms with Gasteiger partial charge in [0, 0.05) is 0 Å². The van der Waals surface area contributed by atoms with Crippen LogP contribution in [0, 0.1) is 12.7 Å². The van der Waals surface area contributed by atoms with Gasteiger partial charge >= 0.3 is 0 Å². The van der Waals surface area contributed by atoms with Gasteiger partial charge in [-0.2, -0.15) is 0 Å². The lowest BCUT2D eigenvalue weighted by atomic mass is 10.1. The summed E-state index contributed by atoms with van der Waals surface area (Å²) in [4.78, 5) is 0. The molecule has 0 spiro atoms. The van der Waals surface area contributed by atoms with Crippen LogP contribution in [0.5, 0.6) is 5.75 Å². The van der Waals surface area contributed by atoms with Crippen molar-refractivity contribution in [2.75, 3.05) is 13.7 Å². The monoisotopic (exact) mass is 217 g/mol. The van der Waals surface area contributed by atoms with E-state index >= 15 is 0 Å². The summed E-state index contributed by atoms with van der Waals surface area (Å²) in [6, 6.07) is 1.70. The summed E-state index contributed by atoms with van der Waals surface area (Å²) in [7, 11) is 1.40. The molecule has 0 radical (unpaired) electrons. The van der Waals surface area contributed by atoms with Crippen LogP contribution in [0.1, 0.15) is 11.1 Å². The maximum absolute atomic E-state index is 13.6. The minimum absolute atomic E-state index is 0.107. The zero-order valence-corrected chi connectivity index (χ0v) is 8.99. The minimum atomic E-state index is -0.409. The lowest BCUT2D eigenvalue weighted by molar-refractivity contribution is 0.384. The zero-order valence-electron chi connectivity index (χ0n) is 8.23. The predicted octanol–water partition coefficient (Wildman–Crippen LogP) is 2.30. The molecule has 2 N–H and O–H groups in total. The highest BCUT2D eigenvalue weighted by Gasteiger charge is 2.14. The van der Waals surface area contributed by atoms with Gasteiger partial charge in [-0.15, -0.1) is 0 Å². The quantitative estimate of drug-likeness (QED) is 0.843.